The van der Waals surface area contributed by atoms with E-state index in [4.69, 9.17) is 21.1 Å². The van der Waals surface area contributed by atoms with Gasteiger partial charge in [-0.15, -0.1) is 0 Å². The summed E-state index contributed by atoms with van der Waals surface area (Å²) in [4.78, 5) is 27.6. The molecule has 1 aromatic carbocycles. The van der Waals surface area contributed by atoms with Crippen molar-refractivity contribution in [2.45, 2.75) is 38.4 Å². The second-order valence-electron chi connectivity index (χ2n) is 7.40. The second kappa shape index (κ2) is 6.51. The number of carbonyl (C=O) groups excluding carboxylic acids is 2. The molecule has 3 aliphatic rings. The van der Waals surface area contributed by atoms with Gasteiger partial charge in [0.1, 0.15) is 5.41 Å². The molecular formula is C19H23ClN2O4. The highest BCUT2D eigenvalue weighted by Gasteiger charge is 2.58. The monoisotopic (exact) mass is 378 g/mol. The van der Waals surface area contributed by atoms with E-state index in [9.17, 15) is 9.59 Å². The summed E-state index contributed by atoms with van der Waals surface area (Å²) < 4.78 is 11.4. The second-order valence-corrected chi connectivity index (χ2v) is 7.81. The standard InChI is InChI=1S/C19H23ClN2O4/c1-13-2-3-14(12-15(13)20)21-16(23)18(4-5-18)17(24)22-8-6-19(7-9-22)25-10-11-26-19/h2-3,12H,4-11H2,1H3,(H,21,23). The topological polar surface area (TPSA) is 67.9 Å². The summed E-state index contributed by atoms with van der Waals surface area (Å²) in [6, 6.07) is 5.37. The van der Waals surface area contributed by atoms with Crippen LogP contribution >= 0.6 is 11.6 Å². The molecular weight excluding hydrogens is 356 g/mol. The molecule has 1 saturated carbocycles. The van der Waals surface area contributed by atoms with E-state index in [-0.39, 0.29) is 11.8 Å². The Morgan fingerprint density at radius 3 is 2.35 bits per heavy atom. The van der Waals surface area contributed by atoms with Crippen molar-refractivity contribution in [3.8, 4) is 0 Å². The molecule has 26 heavy (non-hydrogen) atoms. The van der Waals surface area contributed by atoms with Crippen LogP contribution in [0.2, 0.25) is 5.02 Å². The fraction of sp³-hybridized carbons (Fsp3) is 0.579. The Hall–Kier alpha value is -1.63. The van der Waals surface area contributed by atoms with Gasteiger partial charge >= 0.3 is 0 Å². The van der Waals surface area contributed by atoms with Crippen molar-refractivity contribution >= 4 is 29.1 Å². The summed E-state index contributed by atoms with van der Waals surface area (Å²) in [7, 11) is 0. The van der Waals surface area contributed by atoms with Gasteiger partial charge in [-0.3, -0.25) is 9.59 Å². The highest BCUT2D eigenvalue weighted by atomic mass is 35.5. The molecule has 1 aliphatic carbocycles. The van der Waals surface area contributed by atoms with Crippen molar-refractivity contribution in [3.05, 3.63) is 28.8 Å². The molecule has 0 unspecified atom stereocenters. The molecule has 7 heteroatoms. The van der Waals surface area contributed by atoms with Gasteiger partial charge in [-0.25, -0.2) is 0 Å². The van der Waals surface area contributed by atoms with Crippen LogP contribution in [-0.2, 0) is 19.1 Å². The molecule has 1 N–H and O–H groups in total. The zero-order valence-corrected chi connectivity index (χ0v) is 15.6. The van der Waals surface area contributed by atoms with Crippen LogP contribution in [0, 0.1) is 12.3 Å². The van der Waals surface area contributed by atoms with E-state index in [2.05, 4.69) is 5.32 Å². The molecule has 2 heterocycles. The van der Waals surface area contributed by atoms with Crippen LogP contribution in [-0.4, -0.2) is 48.8 Å². The molecule has 0 bridgehead atoms. The number of hydrogen-bond acceptors (Lipinski definition) is 4. The van der Waals surface area contributed by atoms with Crippen molar-refractivity contribution in [2.75, 3.05) is 31.6 Å². The van der Waals surface area contributed by atoms with Crippen LogP contribution in [0.3, 0.4) is 0 Å². The van der Waals surface area contributed by atoms with Crippen molar-refractivity contribution in [2.24, 2.45) is 5.41 Å². The zero-order valence-electron chi connectivity index (χ0n) is 14.8. The molecule has 2 amide bonds. The van der Waals surface area contributed by atoms with Gasteiger partial charge in [-0.2, -0.15) is 0 Å². The lowest BCUT2D eigenvalue weighted by Gasteiger charge is -2.38. The van der Waals surface area contributed by atoms with Crippen LogP contribution in [0.15, 0.2) is 18.2 Å². The lowest BCUT2D eigenvalue weighted by molar-refractivity contribution is -0.188. The first-order chi connectivity index (χ1) is 12.4. The van der Waals surface area contributed by atoms with E-state index in [1.165, 1.54) is 0 Å². The van der Waals surface area contributed by atoms with E-state index < -0.39 is 11.2 Å². The number of piperidine rings is 1. The molecule has 0 atom stereocenters. The summed E-state index contributed by atoms with van der Waals surface area (Å²) in [5.41, 5.74) is 0.634. The Labute approximate surface area is 157 Å². The van der Waals surface area contributed by atoms with Gasteiger partial charge in [-0.05, 0) is 37.5 Å². The van der Waals surface area contributed by atoms with Crippen LogP contribution < -0.4 is 5.32 Å². The molecule has 2 saturated heterocycles. The molecule has 3 fully saturated rings. The van der Waals surface area contributed by atoms with Crippen molar-refractivity contribution < 1.29 is 19.1 Å². The molecule has 6 nitrogen and oxygen atoms in total. The highest BCUT2D eigenvalue weighted by Crippen LogP contribution is 2.49. The van der Waals surface area contributed by atoms with E-state index in [0.29, 0.717) is 62.7 Å². The number of halogens is 1. The predicted molar refractivity (Wildman–Crippen MR) is 96.9 cm³/mol. The number of benzene rings is 1. The minimum atomic E-state index is -0.931. The van der Waals surface area contributed by atoms with Crippen LogP contribution in [0.4, 0.5) is 5.69 Å². The van der Waals surface area contributed by atoms with Crippen LogP contribution in [0.1, 0.15) is 31.2 Å². The first kappa shape index (κ1) is 17.8. The van der Waals surface area contributed by atoms with E-state index >= 15 is 0 Å². The Morgan fingerprint density at radius 2 is 1.77 bits per heavy atom. The fourth-order valence-electron chi connectivity index (χ4n) is 3.72. The Bertz CT molecular complexity index is 731. The number of aryl methyl sites for hydroxylation is 1. The molecule has 0 aromatic heterocycles. The number of likely N-dealkylation sites (tertiary alicyclic amines) is 1. The number of hydrogen-bond donors (Lipinski definition) is 1. The van der Waals surface area contributed by atoms with Gasteiger partial charge in [-0.1, -0.05) is 17.7 Å². The number of anilines is 1. The van der Waals surface area contributed by atoms with Gasteiger partial charge < -0.3 is 19.7 Å². The minimum Gasteiger partial charge on any atom is -0.347 e. The molecule has 140 valence electrons. The third-order valence-corrected chi connectivity index (χ3v) is 6.06. The smallest absolute Gasteiger partial charge is 0.240 e. The third-order valence-electron chi connectivity index (χ3n) is 5.65. The number of rotatable bonds is 3. The normalized spacial score (nSPS) is 23.1. The number of nitrogens with one attached hydrogen (secondary N) is 1. The maximum atomic E-state index is 13.0. The number of amides is 2. The lowest BCUT2D eigenvalue weighted by atomic mass is 9.98. The first-order valence-electron chi connectivity index (χ1n) is 9.09. The summed E-state index contributed by atoms with van der Waals surface area (Å²) >= 11 is 6.12. The molecule has 2 aliphatic heterocycles. The molecule has 1 spiro atoms. The predicted octanol–water partition coefficient (Wildman–Crippen LogP) is 2.73. The van der Waals surface area contributed by atoms with Gasteiger partial charge in [0, 0.05) is 36.6 Å². The maximum Gasteiger partial charge on any atom is 0.240 e. The molecule has 0 radical (unpaired) electrons. The summed E-state index contributed by atoms with van der Waals surface area (Å²) in [5, 5.41) is 3.46. The minimum absolute atomic E-state index is 0.0824. The first-order valence-corrected chi connectivity index (χ1v) is 9.47. The van der Waals surface area contributed by atoms with Crippen molar-refractivity contribution in [1.82, 2.24) is 4.90 Å². The van der Waals surface area contributed by atoms with Crippen LogP contribution in [0.25, 0.3) is 0 Å². The SMILES string of the molecule is Cc1ccc(NC(=O)C2(C(=O)N3CCC4(CC3)OCCO4)CC2)cc1Cl. The maximum absolute atomic E-state index is 13.0. The third kappa shape index (κ3) is 3.10. The Kier molecular flexibility index (Phi) is 4.45. The van der Waals surface area contributed by atoms with Gasteiger partial charge in [0.25, 0.3) is 0 Å². The van der Waals surface area contributed by atoms with Crippen molar-refractivity contribution in [3.63, 3.8) is 0 Å². The lowest BCUT2D eigenvalue weighted by Crippen LogP contribution is -2.51. The summed E-state index contributed by atoms with van der Waals surface area (Å²) in [5.74, 6) is -0.842. The summed E-state index contributed by atoms with van der Waals surface area (Å²) in [6.45, 7) is 4.24. The van der Waals surface area contributed by atoms with E-state index in [1.807, 2.05) is 13.0 Å². The largest absolute Gasteiger partial charge is 0.347 e. The molecule has 1 aromatic rings. The molecule has 4 rings (SSSR count). The average molecular weight is 379 g/mol. The van der Waals surface area contributed by atoms with Gasteiger partial charge in [0.05, 0.1) is 13.2 Å². The number of carbonyl (C=O) groups is 2. The number of ether oxygens (including phenoxy) is 2. The van der Waals surface area contributed by atoms with Gasteiger partial charge in [0.2, 0.25) is 11.8 Å². The quantitative estimate of drug-likeness (QED) is 0.821. The van der Waals surface area contributed by atoms with Crippen molar-refractivity contribution in [1.29, 1.82) is 0 Å². The van der Waals surface area contributed by atoms with E-state index in [0.717, 1.165) is 5.56 Å². The average Bonchev–Trinajstić information content (AvgIpc) is 3.34. The van der Waals surface area contributed by atoms with Crippen LogP contribution in [0.5, 0.6) is 0 Å². The Balaban J connectivity index is 1.40. The van der Waals surface area contributed by atoms with E-state index in [1.54, 1.807) is 17.0 Å². The Morgan fingerprint density at radius 1 is 1.12 bits per heavy atom. The zero-order chi connectivity index (χ0) is 18.4. The number of nitrogens with zero attached hydrogens (tertiary/aromatic N) is 1. The van der Waals surface area contributed by atoms with Gasteiger partial charge in [0.15, 0.2) is 5.79 Å². The fourth-order valence-corrected chi connectivity index (χ4v) is 3.90. The summed E-state index contributed by atoms with van der Waals surface area (Å²) in [6.07, 6.45) is 2.49. The highest BCUT2D eigenvalue weighted by molar-refractivity contribution is 6.31.